The van der Waals surface area contributed by atoms with Gasteiger partial charge in [0.2, 0.25) is 0 Å². The molecule has 36 heavy (non-hydrogen) atoms. The number of pyridine rings is 1. The van der Waals surface area contributed by atoms with E-state index in [1.807, 2.05) is 43.3 Å². The number of hydrogen-bond acceptors (Lipinski definition) is 4. The van der Waals surface area contributed by atoms with Crippen molar-refractivity contribution in [2.45, 2.75) is 57.7 Å². The molecule has 2 amide bonds. The fourth-order valence-corrected chi connectivity index (χ4v) is 5.16. The summed E-state index contributed by atoms with van der Waals surface area (Å²) in [7, 11) is 0. The van der Waals surface area contributed by atoms with Gasteiger partial charge < -0.3 is 20.5 Å². The average Bonchev–Trinajstić information content (AvgIpc) is 3.81. The van der Waals surface area contributed by atoms with Gasteiger partial charge in [0.25, 0.3) is 17.4 Å². The molecule has 1 atom stereocenters. The highest BCUT2D eigenvalue weighted by molar-refractivity contribution is 6.08. The van der Waals surface area contributed by atoms with Gasteiger partial charge in [-0.25, -0.2) is 0 Å². The van der Waals surface area contributed by atoms with Crippen LogP contribution in [0.4, 0.5) is 0 Å². The van der Waals surface area contributed by atoms with Crippen LogP contribution >= 0.6 is 0 Å². The van der Waals surface area contributed by atoms with E-state index in [0.717, 1.165) is 48.8 Å². The van der Waals surface area contributed by atoms with Crippen LogP contribution in [0.15, 0.2) is 47.4 Å². The predicted molar refractivity (Wildman–Crippen MR) is 140 cm³/mol. The van der Waals surface area contributed by atoms with Crippen molar-refractivity contribution in [3.05, 3.63) is 69.6 Å². The van der Waals surface area contributed by atoms with E-state index >= 15 is 0 Å². The molecule has 3 aliphatic rings. The number of aryl methyl sites for hydroxylation is 1. The lowest BCUT2D eigenvalue weighted by molar-refractivity contribution is 0.0791. The Kier molecular flexibility index (Phi) is 5.67. The molecule has 1 aliphatic heterocycles. The maximum absolute atomic E-state index is 13.6. The summed E-state index contributed by atoms with van der Waals surface area (Å²) in [6, 6.07) is 11.7. The molecule has 0 spiro atoms. The second kappa shape index (κ2) is 8.89. The monoisotopic (exact) mass is 484 g/mol. The third-order valence-corrected chi connectivity index (χ3v) is 7.70. The molecular weight excluding hydrogens is 452 g/mol. The molecule has 3 N–H and O–H groups in total. The minimum atomic E-state index is -0.0797. The summed E-state index contributed by atoms with van der Waals surface area (Å²) < 4.78 is 1.72. The Bertz CT molecular complexity index is 1430. The number of fused-ring (bicyclic) bond motifs is 1. The van der Waals surface area contributed by atoms with Crippen LogP contribution in [-0.4, -0.2) is 46.5 Å². The number of hydrogen-bond donors (Lipinski definition) is 2. The largest absolute Gasteiger partial charge is 0.349 e. The van der Waals surface area contributed by atoms with Gasteiger partial charge in [0.1, 0.15) is 0 Å². The third kappa shape index (κ3) is 4.44. The van der Waals surface area contributed by atoms with Crippen molar-refractivity contribution in [2.24, 2.45) is 11.7 Å². The highest BCUT2D eigenvalue weighted by Gasteiger charge is 2.29. The maximum atomic E-state index is 13.6. The number of aromatic nitrogens is 1. The number of benzene rings is 2. The van der Waals surface area contributed by atoms with Gasteiger partial charge >= 0.3 is 0 Å². The van der Waals surface area contributed by atoms with Crippen LogP contribution < -0.4 is 16.6 Å². The summed E-state index contributed by atoms with van der Waals surface area (Å²) in [5.41, 5.74) is 10.0. The molecule has 2 aromatic carbocycles. The topological polar surface area (TPSA) is 97.4 Å². The fraction of sp³-hybridized carbons (Fsp3) is 0.414. The molecule has 0 bridgehead atoms. The van der Waals surface area contributed by atoms with E-state index < -0.39 is 0 Å². The molecule has 1 saturated heterocycles. The molecule has 7 heteroatoms. The minimum absolute atomic E-state index is 0.0136. The van der Waals surface area contributed by atoms with Gasteiger partial charge in [-0.15, -0.1) is 0 Å². The first kappa shape index (κ1) is 23.0. The summed E-state index contributed by atoms with van der Waals surface area (Å²) in [6.07, 6.45) is 6.85. The van der Waals surface area contributed by atoms with Gasteiger partial charge in [0, 0.05) is 54.3 Å². The smallest absolute Gasteiger partial charge is 0.258 e. The fourth-order valence-electron chi connectivity index (χ4n) is 5.16. The van der Waals surface area contributed by atoms with Crippen LogP contribution in [0.3, 0.4) is 0 Å². The molecule has 3 fully saturated rings. The van der Waals surface area contributed by atoms with Gasteiger partial charge in [-0.2, -0.15) is 0 Å². The molecule has 6 rings (SSSR count). The molecule has 7 nitrogen and oxygen atoms in total. The molecule has 2 heterocycles. The Labute approximate surface area is 210 Å². The zero-order chi connectivity index (χ0) is 25.0. The van der Waals surface area contributed by atoms with Gasteiger partial charge in [-0.3, -0.25) is 14.4 Å². The van der Waals surface area contributed by atoms with Crippen molar-refractivity contribution < 1.29 is 9.59 Å². The van der Waals surface area contributed by atoms with Crippen LogP contribution in [0, 0.1) is 12.8 Å². The van der Waals surface area contributed by atoms with Crippen LogP contribution in [0.2, 0.25) is 0 Å². The van der Waals surface area contributed by atoms with Gasteiger partial charge in [-0.05, 0) is 85.9 Å². The Hall–Kier alpha value is -3.45. The predicted octanol–water partition coefficient (Wildman–Crippen LogP) is 3.45. The summed E-state index contributed by atoms with van der Waals surface area (Å²) in [5, 5.41) is 4.25. The minimum Gasteiger partial charge on any atom is -0.349 e. The van der Waals surface area contributed by atoms with Gasteiger partial charge in [0.15, 0.2) is 0 Å². The van der Waals surface area contributed by atoms with E-state index in [1.165, 1.54) is 0 Å². The van der Waals surface area contributed by atoms with Crippen molar-refractivity contribution in [1.82, 2.24) is 14.8 Å². The van der Waals surface area contributed by atoms with E-state index in [4.69, 9.17) is 5.73 Å². The summed E-state index contributed by atoms with van der Waals surface area (Å²) >= 11 is 0. The van der Waals surface area contributed by atoms with Crippen molar-refractivity contribution >= 4 is 22.6 Å². The number of nitrogens with one attached hydrogen (secondary N) is 1. The van der Waals surface area contributed by atoms with Crippen molar-refractivity contribution in [3.8, 4) is 11.1 Å². The molecule has 0 unspecified atom stereocenters. The lowest BCUT2D eigenvalue weighted by atomic mass is 9.94. The van der Waals surface area contributed by atoms with Crippen LogP contribution in [0.25, 0.3) is 21.9 Å². The summed E-state index contributed by atoms with van der Waals surface area (Å²) in [5.74, 6) is 0.363. The van der Waals surface area contributed by atoms with E-state index in [1.54, 1.807) is 15.7 Å². The van der Waals surface area contributed by atoms with E-state index in [-0.39, 0.29) is 29.5 Å². The third-order valence-electron chi connectivity index (χ3n) is 7.70. The first-order chi connectivity index (χ1) is 17.4. The second-order valence-corrected chi connectivity index (χ2v) is 10.8. The van der Waals surface area contributed by atoms with E-state index in [2.05, 4.69) is 5.32 Å². The quantitative estimate of drug-likeness (QED) is 0.560. The number of nitrogens with two attached hydrogens (primary N) is 1. The standard InChI is InChI=1S/C29H32N4O3/c1-17-2-5-20(27(34)31-22-7-8-22)13-24(17)19-6-9-23-25(12-19)26(29(36)32-11-10-21(30)15-32)16-33(28(23)35)14-18-3-4-18/h2,5-6,9,12-13,16,18,21-22H,3-4,7-8,10-11,14-15,30H2,1H3,(H,31,34)/t21-/m0/s1. The van der Waals surface area contributed by atoms with Crippen molar-refractivity contribution in [3.63, 3.8) is 0 Å². The zero-order valence-corrected chi connectivity index (χ0v) is 20.6. The van der Waals surface area contributed by atoms with E-state index in [9.17, 15) is 14.4 Å². The maximum Gasteiger partial charge on any atom is 0.258 e. The Morgan fingerprint density at radius 1 is 1.03 bits per heavy atom. The normalized spacial score (nSPS) is 19.6. The van der Waals surface area contributed by atoms with Crippen molar-refractivity contribution in [1.29, 1.82) is 0 Å². The van der Waals surface area contributed by atoms with Gasteiger partial charge in [0.05, 0.1) is 5.56 Å². The molecule has 0 radical (unpaired) electrons. The first-order valence-corrected chi connectivity index (χ1v) is 13.0. The van der Waals surface area contributed by atoms with Crippen LogP contribution in [0.1, 0.15) is 58.4 Å². The molecule has 1 aromatic heterocycles. The molecule has 3 aromatic rings. The molecule has 2 saturated carbocycles. The Morgan fingerprint density at radius 3 is 2.53 bits per heavy atom. The number of carbonyl (C=O) groups excluding carboxylic acids is 2. The van der Waals surface area contributed by atoms with Crippen molar-refractivity contribution in [2.75, 3.05) is 13.1 Å². The highest BCUT2D eigenvalue weighted by atomic mass is 16.2. The van der Waals surface area contributed by atoms with Gasteiger partial charge in [-0.1, -0.05) is 12.1 Å². The van der Waals surface area contributed by atoms with Crippen LogP contribution in [0.5, 0.6) is 0 Å². The second-order valence-electron chi connectivity index (χ2n) is 10.8. The zero-order valence-electron chi connectivity index (χ0n) is 20.6. The number of rotatable bonds is 6. The summed E-state index contributed by atoms with van der Waals surface area (Å²) in [6.45, 7) is 3.81. The number of carbonyl (C=O) groups is 2. The number of nitrogens with zero attached hydrogens (tertiary/aromatic N) is 2. The SMILES string of the molecule is Cc1ccc(C(=O)NC2CC2)cc1-c1ccc2c(=O)n(CC3CC3)cc(C(=O)N3CC[C@H](N)C3)c2c1. The molecule has 2 aliphatic carbocycles. The first-order valence-electron chi connectivity index (χ1n) is 13.0. The average molecular weight is 485 g/mol. The molecule has 186 valence electrons. The van der Waals surface area contributed by atoms with E-state index in [0.29, 0.717) is 47.5 Å². The lowest BCUT2D eigenvalue weighted by Gasteiger charge is -2.19. The molecular formula is C29H32N4O3. The number of amides is 2. The Balaban J connectivity index is 1.45. The highest BCUT2D eigenvalue weighted by Crippen LogP contribution is 2.32. The Morgan fingerprint density at radius 2 is 1.83 bits per heavy atom. The number of likely N-dealkylation sites (tertiary alicyclic amines) is 1. The lowest BCUT2D eigenvalue weighted by Crippen LogP contribution is -2.33. The van der Waals surface area contributed by atoms with Crippen LogP contribution in [-0.2, 0) is 6.54 Å². The summed E-state index contributed by atoms with van der Waals surface area (Å²) in [4.78, 5) is 41.5.